The number of nitrogens with zero attached hydrogens (tertiary/aromatic N) is 3. The van der Waals surface area contributed by atoms with Gasteiger partial charge >= 0.3 is 0 Å². The minimum atomic E-state index is 0.482. The van der Waals surface area contributed by atoms with Gasteiger partial charge in [0.05, 0.1) is 5.56 Å². The Morgan fingerprint density at radius 3 is 2.16 bits per heavy atom. The number of aryl methyl sites for hydroxylation is 2. The number of hydrogen-bond donors (Lipinski definition) is 0. The third kappa shape index (κ3) is 1.93. The summed E-state index contributed by atoms with van der Waals surface area (Å²) in [4.78, 5) is 3.96. The van der Waals surface area contributed by atoms with E-state index < -0.39 is 0 Å². The van der Waals surface area contributed by atoms with Crippen molar-refractivity contribution in [1.82, 2.24) is 15.2 Å². The van der Waals surface area contributed by atoms with Gasteiger partial charge in [0, 0.05) is 23.5 Å². The van der Waals surface area contributed by atoms with Gasteiger partial charge in [-0.3, -0.25) is 4.98 Å². The first-order valence-electron chi connectivity index (χ1n) is 5.97. The third-order valence-corrected chi connectivity index (χ3v) is 3.13. The Balaban J connectivity index is 2.07. The molecule has 0 spiro atoms. The summed E-state index contributed by atoms with van der Waals surface area (Å²) in [5, 5.41) is 8.17. The highest BCUT2D eigenvalue weighted by atomic mass is 16.4. The minimum Gasteiger partial charge on any atom is -0.466 e. The molecule has 19 heavy (non-hydrogen) atoms. The summed E-state index contributed by atoms with van der Waals surface area (Å²) in [7, 11) is 0. The van der Waals surface area contributed by atoms with Crippen molar-refractivity contribution in [3.05, 3.63) is 41.6 Å². The predicted molar refractivity (Wildman–Crippen MR) is 69.4 cm³/mol. The standard InChI is InChI=1S/C14H13N3O2/c1-8-9(2)18-10(3)12(8)14-17-16-13(19-14)11-4-6-15-7-5-11/h4-7H,1-3H3. The first-order valence-corrected chi connectivity index (χ1v) is 5.97. The van der Waals surface area contributed by atoms with Crippen LogP contribution in [0.3, 0.4) is 0 Å². The Morgan fingerprint density at radius 1 is 0.842 bits per heavy atom. The molecular formula is C14H13N3O2. The van der Waals surface area contributed by atoms with Crippen LogP contribution < -0.4 is 0 Å². The molecule has 0 N–H and O–H groups in total. The lowest BCUT2D eigenvalue weighted by molar-refractivity contribution is 0.501. The number of furan rings is 1. The molecule has 3 rings (SSSR count). The van der Waals surface area contributed by atoms with Crippen molar-refractivity contribution in [1.29, 1.82) is 0 Å². The maximum absolute atomic E-state index is 5.72. The van der Waals surface area contributed by atoms with Crippen LogP contribution in [0.15, 0.2) is 33.4 Å². The van der Waals surface area contributed by atoms with Crippen LogP contribution in [0.5, 0.6) is 0 Å². The number of hydrogen-bond acceptors (Lipinski definition) is 5. The highest BCUT2D eigenvalue weighted by molar-refractivity contribution is 5.63. The van der Waals surface area contributed by atoms with Gasteiger partial charge in [-0.25, -0.2) is 0 Å². The van der Waals surface area contributed by atoms with Crippen molar-refractivity contribution in [3.63, 3.8) is 0 Å². The molecule has 0 fully saturated rings. The molecule has 0 aromatic carbocycles. The quantitative estimate of drug-likeness (QED) is 0.702. The molecule has 0 saturated heterocycles. The molecule has 0 saturated carbocycles. The van der Waals surface area contributed by atoms with Crippen LogP contribution >= 0.6 is 0 Å². The molecule has 5 nitrogen and oxygen atoms in total. The van der Waals surface area contributed by atoms with Crippen molar-refractivity contribution >= 4 is 0 Å². The van der Waals surface area contributed by atoms with E-state index in [1.807, 2.05) is 32.9 Å². The van der Waals surface area contributed by atoms with E-state index in [0.29, 0.717) is 11.8 Å². The number of rotatable bonds is 2. The average molecular weight is 255 g/mol. The predicted octanol–water partition coefficient (Wildman–Crippen LogP) is 3.32. The van der Waals surface area contributed by atoms with Gasteiger partial charge in [0.15, 0.2) is 0 Å². The summed E-state index contributed by atoms with van der Waals surface area (Å²) < 4.78 is 11.3. The summed E-state index contributed by atoms with van der Waals surface area (Å²) in [6.07, 6.45) is 3.38. The normalized spacial score (nSPS) is 10.9. The van der Waals surface area contributed by atoms with E-state index in [2.05, 4.69) is 15.2 Å². The molecule has 0 bridgehead atoms. The first-order chi connectivity index (χ1) is 9.16. The van der Waals surface area contributed by atoms with Crippen LogP contribution in [-0.4, -0.2) is 15.2 Å². The van der Waals surface area contributed by atoms with Crippen LogP contribution in [0, 0.1) is 20.8 Å². The summed E-state index contributed by atoms with van der Waals surface area (Å²) in [6, 6.07) is 3.66. The van der Waals surface area contributed by atoms with E-state index in [1.165, 1.54) is 0 Å². The molecule has 3 aromatic rings. The molecule has 0 amide bonds. The zero-order chi connectivity index (χ0) is 13.4. The monoisotopic (exact) mass is 255 g/mol. The topological polar surface area (TPSA) is 65.0 Å². The van der Waals surface area contributed by atoms with E-state index in [9.17, 15) is 0 Å². The van der Waals surface area contributed by atoms with Gasteiger partial charge in [-0.15, -0.1) is 10.2 Å². The van der Waals surface area contributed by atoms with Gasteiger partial charge in [-0.1, -0.05) is 0 Å². The van der Waals surface area contributed by atoms with E-state index in [1.54, 1.807) is 12.4 Å². The van der Waals surface area contributed by atoms with Crippen LogP contribution in [-0.2, 0) is 0 Å². The average Bonchev–Trinajstić information content (AvgIpc) is 2.97. The Bertz CT molecular complexity index is 714. The van der Waals surface area contributed by atoms with E-state index in [-0.39, 0.29) is 0 Å². The fourth-order valence-electron chi connectivity index (χ4n) is 2.04. The Hall–Kier alpha value is -2.43. The SMILES string of the molecule is Cc1oc(C)c(-c2nnc(-c3ccncc3)o2)c1C. The molecular weight excluding hydrogens is 242 g/mol. The van der Waals surface area contributed by atoms with Gasteiger partial charge in [0.2, 0.25) is 5.89 Å². The van der Waals surface area contributed by atoms with Gasteiger partial charge in [0.1, 0.15) is 11.5 Å². The Kier molecular flexibility index (Phi) is 2.67. The lowest BCUT2D eigenvalue weighted by atomic mass is 10.1. The van der Waals surface area contributed by atoms with Gasteiger partial charge in [-0.2, -0.15) is 0 Å². The Labute approximate surface area is 110 Å². The highest BCUT2D eigenvalue weighted by Gasteiger charge is 2.19. The Morgan fingerprint density at radius 2 is 1.53 bits per heavy atom. The van der Waals surface area contributed by atoms with Gasteiger partial charge in [0.25, 0.3) is 5.89 Å². The second-order valence-corrected chi connectivity index (χ2v) is 4.36. The second-order valence-electron chi connectivity index (χ2n) is 4.36. The van der Waals surface area contributed by atoms with Crippen LogP contribution in [0.25, 0.3) is 22.9 Å². The van der Waals surface area contributed by atoms with Crippen molar-refractivity contribution in [2.24, 2.45) is 0 Å². The minimum absolute atomic E-state index is 0.482. The molecule has 0 aliphatic carbocycles. The summed E-state index contributed by atoms with van der Waals surface area (Å²) in [6.45, 7) is 5.80. The van der Waals surface area contributed by atoms with Crippen molar-refractivity contribution in [3.8, 4) is 22.9 Å². The number of aromatic nitrogens is 3. The summed E-state index contributed by atoms with van der Waals surface area (Å²) in [5.41, 5.74) is 2.76. The molecule has 0 atom stereocenters. The van der Waals surface area contributed by atoms with Crippen molar-refractivity contribution < 1.29 is 8.83 Å². The molecule has 0 radical (unpaired) electrons. The molecule has 0 aliphatic heterocycles. The molecule has 5 heteroatoms. The van der Waals surface area contributed by atoms with Gasteiger partial charge < -0.3 is 8.83 Å². The van der Waals surface area contributed by atoms with E-state index >= 15 is 0 Å². The largest absolute Gasteiger partial charge is 0.466 e. The lowest BCUT2D eigenvalue weighted by Crippen LogP contribution is -1.81. The zero-order valence-electron chi connectivity index (χ0n) is 11.0. The maximum atomic E-state index is 5.72. The lowest BCUT2D eigenvalue weighted by Gasteiger charge is -1.94. The molecule has 3 heterocycles. The maximum Gasteiger partial charge on any atom is 0.251 e. The third-order valence-electron chi connectivity index (χ3n) is 3.13. The summed E-state index contributed by atoms with van der Waals surface area (Å²) >= 11 is 0. The van der Waals surface area contributed by atoms with Crippen molar-refractivity contribution in [2.45, 2.75) is 20.8 Å². The molecule has 96 valence electrons. The van der Waals surface area contributed by atoms with Gasteiger partial charge in [-0.05, 0) is 32.9 Å². The molecule has 0 aliphatic rings. The van der Waals surface area contributed by atoms with Crippen LogP contribution in [0.1, 0.15) is 17.1 Å². The first kappa shape index (κ1) is 11.6. The van der Waals surface area contributed by atoms with Crippen LogP contribution in [0.4, 0.5) is 0 Å². The fourth-order valence-corrected chi connectivity index (χ4v) is 2.04. The fraction of sp³-hybridized carbons (Fsp3) is 0.214. The van der Waals surface area contributed by atoms with E-state index in [0.717, 1.165) is 28.2 Å². The van der Waals surface area contributed by atoms with Crippen molar-refractivity contribution in [2.75, 3.05) is 0 Å². The molecule has 0 unspecified atom stereocenters. The second kappa shape index (κ2) is 4.35. The van der Waals surface area contributed by atoms with E-state index in [4.69, 9.17) is 8.83 Å². The number of pyridine rings is 1. The highest BCUT2D eigenvalue weighted by Crippen LogP contribution is 2.32. The zero-order valence-corrected chi connectivity index (χ0v) is 11.0. The molecule has 3 aromatic heterocycles. The smallest absolute Gasteiger partial charge is 0.251 e. The van der Waals surface area contributed by atoms with Crippen LogP contribution in [0.2, 0.25) is 0 Å². The summed E-state index contributed by atoms with van der Waals surface area (Å²) in [5.74, 6) is 2.63.